The third kappa shape index (κ3) is 3.65. The molecule has 0 amide bonds. The number of hydrogen-bond acceptors (Lipinski definition) is 2. The van der Waals surface area contributed by atoms with Crippen molar-refractivity contribution in [2.75, 3.05) is 13.1 Å². The SMILES string of the molecule is CCCCN1CCCC1CC(C)O. The largest absolute Gasteiger partial charge is 0.393 e. The zero-order valence-electron chi connectivity index (χ0n) is 9.00. The summed E-state index contributed by atoms with van der Waals surface area (Å²) in [7, 11) is 0. The molecule has 1 rings (SSSR count). The Morgan fingerprint density at radius 1 is 1.54 bits per heavy atom. The van der Waals surface area contributed by atoms with Gasteiger partial charge in [0.1, 0.15) is 0 Å². The minimum atomic E-state index is -0.132. The molecular formula is C11H23NO. The zero-order chi connectivity index (χ0) is 9.68. The molecule has 13 heavy (non-hydrogen) atoms. The van der Waals surface area contributed by atoms with E-state index < -0.39 is 0 Å². The normalized spacial score (nSPS) is 26.5. The molecule has 0 spiro atoms. The Morgan fingerprint density at radius 2 is 2.31 bits per heavy atom. The summed E-state index contributed by atoms with van der Waals surface area (Å²) < 4.78 is 0. The molecular weight excluding hydrogens is 162 g/mol. The van der Waals surface area contributed by atoms with Gasteiger partial charge < -0.3 is 10.0 Å². The molecule has 1 saturated heterocycles. The van der Waals surface area contributed by atoms with Gasteiger partial charge in [-0.05, 0) is 45.7 Å². The summed E-state index contributed by atoms with van der Waals surface area (Å²) in [5.41, 5.74) is 0. The minimum absolute atomic E-state index is 0.132. The second-order valence-electron chi connectivity index (χ2n) is 4.27. The molecule has 78 valence electrons. The predicted molar refractivity (Wildman–Crippen MR) is 55.8 cm³/mol. The van der Waals surface area contributed by atoms with E-state index in [1.54, 1.807) is 0 Å². The molecule has 0 aromatic rings. The van der Waals surface area contributed by atoms with Crippen molar-refractivity contribution >= 4 is 0 Å². The summed E-state index contributed by atoms with van der Waals surface area (Å²) >= 11 is 0. The van der Waals surface area contributed by atoms with Gasteiger partial charge in [0.25, 0.3) is 0 Å². The lowest BCUT2D eigenvalue weighted by Crippen LogP contribution is -2.32. The van der Waals surface area contributed by atoms with Gasteiger partial charge in [-0.2, -0.15) is 0 Å². The van der Waals surface area contributed by atoms with Crippen LogP contribution in [0.5, 0.6) is 0 Å². The molecule has 0 saturated carbocycles. The van der Waals surface area contributed by atoms with Crippen molar-refractivity contribution in [3.8, 4) is 0 Å². The maximum Gasteiger partial charge on any atom is 0.0527 e. The van der Waals surface area contributed by atoms with Gasteiger partial charge in [0.05, 0.1) is 6.10 Å². The first-order valence-corrected chi connectivity index (χ1v) is 5.66. The maximum atomic E-state index is 9.33. The highest BCUT2D eigenvalue weighted by Crippen LogP contribution is 2.21. The predicted octanol–water partition coefficient (Wildman–Crippen LogP) is 2.02. The van der Waals surface area contributed by atoms with Crippen LogP contribution >= 0.6 is 0 Å². The second kappa shape index (κ2) is 5.61. The van der Waals surface area contributed by atoms with Crippen LogP contribution in [0, 0.1) is 0 Å². The van der Waals surface area contributed by atoms with Crippen LogP contribution in [0.15, 0.2) is 0 Å². The standard InChI is InChI=1S/C11H23NO/c1-3-4-7-12-8-5-6-11(12)9-10(2)13/h10-11,13H,3-9H2,1-2H3. The van der Waals surface area contributed by atoms with E-state index in [9.17, 15) is 5.11 Å². The second-order valence-corrected chi connectivity index (χ2v) is 4.27. The number of nitrogens with zero attached hydrogens (tertiary/aromatic N) is 1. The van der Waals surface area contributed by atoms with Crippen molar-refractivity contribution in [3.05, 3.63) is 0 Å². The molecule has 2 unspecified atom stereocenters. The van der Waals surface area contributed by atoms with E-state index >= 15 is 0 Å². The van der Waals surface area contributed by atoms with E-state index in [1.807, 2.05) is 6.92 Å². The lowest BCUT2D eigenvalue weighted by Gasteiger charge is -2.25. The average Bonchev–Trinajstić information content (AvgIpc) is 2.48. The fourth-order valence-electron chi connectivity index (χ4n) is 2.21. The first-order chi connectivity index (χ1) is 6.24. The van der Waals surface area contributed by atoms with Crippen LogP contribution in [0.2, 0.25) is 0 Å². The Hall–Kier alpha value is -0.0800. The molecule has 1 aliphatic rings. The molecule has 1 fully saturated rings. The van der Waals surface area contributed by atoms with Gasteiger partial charge in [0, 0.05) is 6.04 Å². The maximum absolute atomic E-state index is 9.33. The third-order valence-electron chi connectivity index (χ3n) is 2.91. The monoisotopic (exact) mass is 185 g/mol. The number of aliphatic hydroxyl groups excluding tert-OH is 1. The van der Waals surface area contributed by atoms with Crippen LogP contribution in [0.3, 0.4) is 0 Å². The first-order valence-electron chi connectivity index (χ1n) is 5.66. The summed E-state index contributed by atoms with van der Waals surface area (Å²) in [6.07, 6.45) is 6.01. The highest BCUT2D eigenvalue weighted by atomic mass is 16.3. The average molecular weight is 185 g/mol. The van der Waals surface area contributed by atoms with Crippen LogP contribution < -0.4 is 0 Å². The highest BCUT2D eigenvalue weighted by Gasteiger charge is 2.24. The molecule has 1 N–H and O–H groups in total. The molecule has 0 aromatic heterocycles. The minimum Gasteiger partial charge on any atom is -0.393 e. The lowest BCUT2D eigenvalue weighted by molar-refractivity contribution is 0.133. The third-order valence-corrected chi connectivity index (χ3v) is 2.91. The topological polar surface area (TPSA) is 23.5 Å². The van der Waals surface area contributed by atoms with E-state index in [1.165, 1.54) is 38.8 Å². The van der Waals surface area contributed by atoms with E-state index in [4.69, 9.17) is 0 Å². The summed E-state index contributed by atoms with van der Waals surface area (Å²) in [4.78, 5) is 2.55. The van der Waals surface area contributed by atoms with Crippen LogP contribution in [0.4, 0.5) is 0 Å². The van der Waals surface area contributed by atoms with E-state index in [0.29, 0.717) is 6.04 Å². The molecule has 0 aliphatic carbocycles. The van der Waals surface area contributed by atoms with Gasteiger partial charge in [-0.3, -0.25) is 0 Å². The number of likely N-dealkylation sites (tertiary alicyclic amines) is 1. The van der Waals surface area contributed by atoms with Gasteiger partial charge in [0.2, 0.25) is 0 Å². The van der Waals surface area contributed by atoms with Gasteiger partial charge in [0.15, 0.2) is 0 Å². The molecule has 0 radical (unpaired) electrons. The molecule has 2 nitrogen and oxygen atoms in total. The number of rotatable bonds is 5. The van der Waals surface area contributed by atoms with Crippen molar-refractivity contribution in [1.29, 1.82) is 0 Å². The summed E-state index contributed by atoms with van der Waals surface area (Å²) in [6.45, 7) is 6.61. The van der Waals surface area contributed by atoms with E-state index in [-0.39, 0.29) is 6.10 Å². The first kappa shape index (κ1) is 11.0. The highest BCUT2D eigenvalue weighted by molar-refractivity contribution is 4.80. The Kier molecular flexibility index (Phi) is 4.74. The Labute approximate surface area is 81.9 Å². The van der Waals surface area contributed by atoms with Crippen molar-refractivity contribution in [3.63, 3.8) is 0 Å². The van der Waals surface area contributed by atoms with Gasteiger partial charge in [-0.1, -0.05) is 13.3 Å². The Bertz CT molecular complexity index is 136. The quantitative estimate of drug-likeness (QED) is 0.708. The van der Waals surface area contributed by atoms with E-state index in [2.05, 4.69) is 11.8 Å². The van der Waals surface area contributed by atoms with E-state index in [0.717, 1.165) is 6.42 Å². The van der Waals surface area contributed by atoms with Crippen molar-refractivity contribution < 1.29 is 5.11 Å². The summed E-state index contributed by atoms with van der Waals surface area (Å²) in [5, 5.41) is 9.33. The fraction of sp³-hybridized carbons (Fsp3) is 1.00. The molecule has 1 aliphatic heterocycles. The van der Waals surface area contributed by atoms with Gasteiger partial charge >= 0.3 is 0 Å². The fourth-order valence-corrected chi connectivity index (χ4v) is 2.21. The van der Waals surface area contributed by atoms with Crippen LogP contribution in [-0.4, -0.2) is 35.2 Å². The Morgan fingerprint density at radius 3 is 2.92 bits per heavy atom. The molecule has 0 bridgehead atoms. The van der Waals surface area contributed by atoms with Gasteiger partial charge in [-0.15, -0.1) is 0 Å². The summed E-state index contributed by atoms with van der Waals surface area (Å²) in [5.74, 6) is 0. The van der Waals surface area contributed by atoms with Crippen molar-refractivity contribution in [1.82, 2.24) is 4.90 Å². The Balaban J connectivity index is 2.26. The molecule has 1 heterocycles. The summed E-state index contributed by atoms with van der Waals surface area (Å²) in [6, 6.07) is 0.659. The smallest absolute Gasteiger partial charge is 0.0527 e. The van der Waals surface area contributed by atoms with Crippen LogP contribution in [0.25, 0.3) is 0 Å². The number of hydrogen-bond donors (Lipinski definition) is 1. The van der Waals surface area contributed by atoms with Crippen molar-refractivity contribution in [2.24, 2.45) is 0 Å². The molecule has 0 aromatic carbocycles. The van der Waals surface area contributed by atoms with Crippen molar-refractivity contribution in [2.45, 2.75) is 58.1 Å². The van der Waals surface area contributed by atoms with Crippen LogP contribution in [0.1, 0.15) is 46.0 Å². The number of aliphatic hydroxyl groups is 1. The lowest BCUT2D eigenvalue weighted by atomic mass is 10.1. The molecule has 2 atom stereocenters. The van der Waals surface area contributed by atoms with Crippen LogP contribution in [-0.2, 0) is 0 Å². The number of unbranched alkanes of at least 4 members (excludes halogenated alkanes) is 1. The molecule has 2 heteroatoms. The van der Waals surface area contributed by atoms with Gasteiger partial charge in [-0.25, -0.2) is 0 Å². The zero-order valence-corrected chi connectivity index (χ0v) is 9.00.